The Balaban J connectivity index is 1.73. The number of aromatic nitrogens is 1. The van der Waals surface area contributed by atoms with E-state index in [2.05, 4.69) is 39.4 Å². The Labute approximate surface area is 123 Å². The third-order valence-corrected chi connectivity index (χ3v) is 3.70. The molecular weight excluding hydrogens is 270 g/mol. The van der Waals surface area contributed by atoms with Crippen molar-refractivity contribution in [1.29, 1.82) is 0 Å². The van der Waals surface area contributed by atoms with Crippen molar-refractivity contribution in [3.63, 3.8) is 0 Å². The van der Waals surface area contributed by atoms with Crippen molar-refractivity contribution in [2.75, 3.05) is 11.9 Å². The van der Waals surface area contributed by atoms with Crippen LogP contribution in [0.15, 0.2) is 35.0 Å². The van der Waals surface area contributed by atoms with Gasteiger partial charge in [-0.3, -0.25) is 4.79 Å². The van der Waals surface area contributed by atoms with Crippen LogP contribution in [-0.2, 0) is 4.79 Å². The first-order valence-corrected chi connectivity index (χ1v) is 7.58. The number of thiophene rings is 1. The average Bonchev–Trinajstić information content (AvgIpc) is 2.92. The first-order chi connectivity index (χ1) is 9.65. The molecule has 2 rings (SSSR count). The normalized spacial score (nSPS) is 12.1. The van der Waals surface area contributed by atoms with Gasteiger partial charge in [-0.15, -0.1) is 0 Å². The van der Waals surface area contributed by atoms with Crippen molar-refractivity contribution in [3.05, 3.63) is 46.3 Å². The van der Waals surface area contributed by atoms with Gasteiger partial charge in [0.05, 0.1) is 0 Å². The van der Waals surface area contributed by atoms with Crippen LogP contribution in [0.3, 0.4) is 0 Å². The van der Waals surface area contributed by atoms with Crippen molar-refractivity contribution in [2.45, 2.75) is 26.3 Å². The third-order valence-electron chi connectivity index (χ3n) is 3.00. The van der Waals surface area contributed by atoms with Crippen molar-refractivity contribution in [2.24, 2.45) is 0 Å². The number of rotatable bonds is 6. The first kappa shape index (κ1) is 14.7. The predicted molar refractivity (Wildman–Crippen MR) is 83.0 cm³/mol. The lowest BCUT2D eigenvalue weighted by Gasteiger charge is -2.12. The number of carbonyl (C=O) groups excluding carboxylic acids is 1. The molecule has 106 valence electrons. The SMILES string of the molecule is Cc1cccc(NC(=O)CCN[C@H](C)c2ccsc2)n1. The van der Waals surface area contributed by atoms with E-state index >= 15 is 0 Å². The Bertz CT molecular complexity index is 554. The molecule has 20 heavy (non-hydrogen) atoms. The fourth-order valence-corrected chi connectivity index (χ4v) is 2.61. The summed E-state index contributed by atoms with van der Waals surface area (Å²) in [7, 11) is 0. The van der Waals surface area contributed by atoms with E-state index < -0.39 is 0 Å². The van der Waals surface area contributed by atoms with Gasteiger partial charge >= 0.3 is 0 Å². The maximum Gasteiger partial charge on any atom is 0.226 e. The summed E-state index contributed by atoms with van der Waals surface area (Å²) >= 11 is 1.68. The number of hydrogen-bond donors (Lipinski definition) is 2. The molecule has 2 aromatic rings. The number of aryl methyl sites for hydroxylation is 1. The van der Waals surface area contributed by atoms with Gasteiger partial charge in [-0.25, -0.2) is 4.98 Å². The lowest BCUT2D eigenvalue weighted by molar-refractivity contribution is -0.116. The highest BCUT2D eigenvalue weighted by Crippen LogP contribution is 2.15. The average molecular weight is 289 g/mol. The van der Waals surface area contributed by atoms with Crippen molar-refractivity contribution in [1.82, 2.24) is 10.3 Å². The number of nitrogens with one attached hydrogen (secondary N) is 2. The summed E-state index contributed by atoms with van der Waals surface area (Å²) in [6, 6.07) is 7.95. The molecule has 0 saturated heterocycles. The maximum atomic E-state index is 11.8. The zero-order valence-electron chi connectivity index (χ0n) is 11.7. The van der Waals surface area contributed by atoms with E-state index in [-0.39, 0.29) is 11.9 Å². The Kier molecular flexibility index (Phi) is 5.26. The molecule has 0 saturated carbocycles. The second-order valence-electron chi connectivity index (χ2n) is 4.69. The summed E-state index contributed by atoms with van der Waals surface area (Å²) in [5.41, 5.74) is 2.16. The summed E-state index contributed by atoms with van der Waals surface area (Å²) in [6.45, 7) is 4.65. The van der Waals surface area contributed by atoms with E-state index in [1.165, 1.54) is 5.56 Å². The monoisotopic (exact) mass is 289 g/mol. The predicted octanol–water partition coefficient (Wildman–Crippen LogP) is 3.13. The summed E-state index contributed by atoms with van der Waals surface area (Å²) in [4.78, 5) is 16.0. The summed E-state index contributed by atoms with van der Waals surface area (Å²) < 4.78 is 0. The number of nitrogens with zero attached hydrogens (tertiary/aromatic N) is 1. The van der Waals surface area contributed by atoms with Gasteiger partial charge in [0.15, 0.2) is 0 Å². The molecule has 2 heterocycles. The third kappa shape index (κ3) is 4.43. The van der Waals surface area contributed by atoms with Crippen molar-refractivity contribution >= 4 is 23.1 Å². The largest absolute Gasteiger partial charge is 0.311 e. The van der Waals surface area contributed by atoms with E-state index in [4.69, 9.17) is 0 Å². The molecule has 0 aliphatic carbocycles. The van der Waals surface area contributed by atoms with Crippen LogP contribution in [0.25, 0.3) is 0 Å². The van der Waals surface area contributed by atoms with Gasteiger partial charge in [-0.05, 0) is 48.4 Å². The quantitative estimate of drug-likeness (QED) is 0.859. The molecule has 2 aromatic heterocycles. The summed E-state index contributed by atoms with van der Waals surface area (Å²) in [5.74, 6) is 0.592. The van der Waals surface area contributed by atoms with Crippen LogP contribution >= 0.6 is 11.3 Å². The molecule has 0 unspecified atom stereocenters. The molecule has 0 radical (unpaired) electrons. The van der Waals surface area contributed by atoms with E-state index in [9.17, 15) is 4.79 Å². The van der Waals surface area contributed by atoms with Gasteiger partial charge in [0, 0.05) is 24.7 Å². The minimum absolute atomic E-state index is 0.0203. The summed E-state index contributed by atoms with van der Waals surface area (Å²) in [5, 5.41) is 10.3. The Hall–Kier alpha value is -1.72. The standard InChI is InChI=1S/C15H19N3OS/c1-11-4-3-5-14(17-11)18-15(19)6-8-16-12(2)13-7-9-20-10-13/h3-5,7,9-10,12,16H,6,8H2,1-2H3,(H,17,18,19)/t12-/m1/s1. The topological polar surface area (TPSA) is 54.0 Å². The number of anilines is 1. The Morgan fingerprint density at radius 1 is 1.40 bits per heavy atom. The van der Waals surface area contributed by atoms with Crippen LogP contribution in [0.2, 0.25) is 0 Å². The second kappa shape index (κ2) is 7.17. The molecule has 2 N–H and O–H groups in total. The van der Waals surface area contributed by atoms with Gasteiger partial charge in [0.1, 0.15) is 5.82 Å². The highest BCUT2D eigenvalue weighted by molar-refractivity contribution is 7.07. The smallest absolute Gasteiger partial charge is 0.226 e. The minimum Gasteiger partial charge on any atom is -0.311 e. The molecule has 0 aliphatic rings. The Morgan fingerprint density at radius 2 is 2.25 bits per heavy atom. The molecule has 0 spiro atoms. The highest BCUT2D eigenvalue weighted by Gasteiger charge is 2.07. The minimum atomic E-state index is -0.0203. The zero-order valence-corrected chi connectivity index (χ0v) is 12.5. The fourth-order valence-electron chi connectivity index (χ4n) is 1.86. The highest BCUT2D eigenvalue weighted by atomic mass is 32.1. The van der Waals surface area contributed by atoms with Gasteiger partial charge in [-0.1, -0.05) is 6.07 Å². The number of hydrogen-bond acceptors (Lipinski definition) is 4. The molecule has 0 bridgehead atoms. The lowest BCUT2D eigenvalue weighted by atomic mass is 10.2. The van der Waals surface area contributed by atoms with E-state index in [0.29, 0.717) is 18.8 Å². The van der Waals surface area contributed by atoms with E-state index in [1.807, 2.05) is 19.1 Å². The van der Waals surface area contributed by atoms with Gasteiger partial charge in [0.2, 0.25) is 5.91 Å². The molecule has 0 aliphatic heterocycles. The van der Waals surface area contributed by atoms with Crippen LogP contribution in [-0.4, -0.2) is 17.4 Å². The van der Waals surface area contributed by atoms with E-state index in [1.54, 1.807) is 17.4 Å². The molecule has 4 nitrogen and oxygen atoms in total. The van der Waals surface area contributed by atoms with Crippen LogP contribution in [0.1, 0.15) is 30.6 Å². The number of carbonyl (C=O) groups is 1. The van der Waals surface area contributed by atoms with Gasteiger partial charge < -0.3 is 10.6 Å². The molecule has 0 fully saturated rings. The molecule has 0 aromatic carbocycles. The molecule has 5 heteroatoms. The Morgan fingerprint density at radius 3 is 2.95 bits per heavy atom. The van der Waals surface area contributed by atoms with Gasteiger partial charge in [0.25, 0.3) is 0 Å². The van der Waals surface area contributed by atoms with Crippen LogP contribution in [0.5, 0.6) is 0 Å². The molecule has 1 atom stereocenters. The first-order valence-electron chi connectivity index (χ1n) is 6.64. The molecule has 1 amide bonds. The maximum absolute atomic E-state index is 11.8. The lowest BCUT2D eigenvalue weighted by Crippen LogP contribution is -2.24. The van der Waals surface area contributed by atoms with E-state index in [0.717, 1.165) is 5.69 Å². The van der Waals surface area contributed by atoms with Gasteiger partial charge in [-0.2, -0.15) is 11.3 Å². The zero-order chi connectivity index (χ0) is 14.4. The summed E-state index contributed by atoms with van der Waals surface area (Å²) in [6.07, 6.45) is 0.435. The number of amides is 1. The number of pyridine rings is 1. The van der Waals surface area contributed by atoms with Crippen molar-refractivity contribution in [3.8, 4) is 0 Å². The van der Waals surface area contributed by atoms with Crippen LogP contribution in [0, 0.1) is 6.92 Å². The van der Waals surface area contributed by atoms with Crippen LogP contribution < -0.4 is 10.6 Å². The second-order valence-corrected chi connectivity index (χ2v) is 5.47. The van der Waals surface area contributed by atoms with Crippen molar-refractivity contribution < 1.29 is 4.79 Å². The van der Waals surface area contributed by atoms with Crippen LogP contribution in [0.4, 0.5) is 5.82 Å². The fraction of sp³-hybridized carbons (Fsp3) is 0.333. The molecular formula is C15H19N3OS.